The van der Waals surface area contributed by atoms with Crippen LogP contribution in [0, 0.1) is 5.92 Å². The number of rotatable bonds is 4. The third kappa shape index (κ3) is 3.02. The topological polar surface area (TPSA) is 68.0 Å². The van der Waals surface area contributed by atoms with Gasteiger partial charge in [-0.3, -0.25) is 4.79 Å². The van der Waals surface area contributed by atoms with Gasteiger partial charge in [0.2, 0.25) is 0 Å². The highest BCUT2D eigenvalue weighted by Crippen LogP contribution is 2.29. The minimum absolute atomic E-state index is 0.0321. The summed E-state index contributed by atoms with van der Waals surface area (Å²) in [5.41, 5.74) is 5.82. The lowest BCUT2D eigenvalue weighted by atomic mass is 9.96. The number of hydrogen-bond donors (Lipinski definition) is 2. The Kier molecular flexibility index (Phi) is 4.22. The van der Waals surface area contributed by atoms with E-state index >= 15 is 0 Å². The molecule has 0 atom stereocenters. The number of nitrogens with one attached hydrogen (secondary N) is 1. The summed E-state index contributed by atoms with van der Waals surface area (Å²) in [6.07, 6.45) is 6.25. The maximum atomic E-state index is 11.9. The molecule has 100 valence electrons. The molecule has 0 aliphatic heterocycles. The summed E-state index contributed by atoms with van der Waals surface area (Å²) < 4.78 is 0. The second-order valence-electron chi connectivity index (χ2n) is 5.23. The Morgan fingerprint density at radius 3 is 2.67 bits per heavy atom. The molecule has 0 spiro atoms. The Bertz CT molecular complexity index is 422. The lowest BCUT2D eigenvalue weighted by Crippen LogP contribution is -2.22. The molecule has 1 aliphatic rings. The molecule has 1 saturated carbocycles. The van der Waals surface area contributed by atoms with Gasteiger partial charge in [-0.25, -0.2) is 4.98 Å². The molecule has 0 unspecified atom stereocenters. The second kappa shape index (κ2) is 5.69. The number of hydrogen-bond acceptors (Lipinski definition) is 5. The van der Waals surface area contributed by atoms with E-state index in [2.05, 4.69) is 10.3 Å². The van der Waals surface area contributed by atoms with Crippen LogP contribution in [0.2, 0.25) is 0 Å². The average molecular weight is 267 g/mol. The summed E-state index contributed by atoms with van der Waals surface area (Å²) in [5.74, 6) is 0.425. The van der Waals surface area contributed by atoms with Gasteiger partial charge in [0.05, 0.1) is 0 Å². The molecular formula is C13H21N3OS. The van der Waals surface area contributed by atoms with Gasteiger partial charge < -0.3 is 11.1 Å². The monoisotopic (exact) mass is 267 g/mol. The van der Waals surface area contributed by atoms with Crippen molar-refractivity contribution in [3.8, 4) is 0 Å². The molecule has 4 nitrogen and oxygen atoms in total. The van der Waals surface area contributed by atoms with E-state index in [0.29, 0.717) is 16.7 Å². The van der Waals surface area contributed by atoms with Crippen LogP contribution in [0.25, 0.3) is 0 Å². The van der Waals surface area contributed by atoms with E-state index in [1.54, 1.807) is 0 Å². The molecule has 2 rings (SSSR count). The van der Waals surface area contributed by atoms with Crippen molar-refractivity contribution >= 4 is 28.1 Å². The lowest BCUT2D eigenvalue weighted by molar-refractivity contribution is 0.0944. The summed E-state index contributed by atoms with van der Waals surface area (Å²) in [6.45, 7) is 3.77. The SMILES string of the molecule is CC(C)C(=O)c1sc(NC2CCCCC2)nc1N. The molecule has 1 fully saturated rings. The van der Waals surface area contributed by atoms with E-state index < -0.39 is 0 Å². The number of anilines is 2. The molecule has 3 N–H and O–H groups in total. The molecule has 1 aliphatic carbocycles. The zero-order valence-electron chi connectivity index (χ0n) is 11.0. The van der Waals surface area contributed by atoms with Crippen LogP contribution in [0.1, 0.15) is 55.6 Å². The van der Waals surface area contributed by atoms with E-state index in [-0.39, 0.29) is 11.7 Å². The van der Waals surface area contributed by atoms with Crippen molar-refractivity contribution < 1.29 is 4.79 Å². The fraction of sp³-hybridized carbons (Fsp3) is 0.692. The summed E-state index contributed by atoms with van der Waals surface area (Å²) in [7, 11) is 0. The quantitative estimate of drug-likeness (QED) is 0.821. The van der Waals surface area contributed by atoms with Gasteiger partial charge in [0.25, 0.3) is 0 Å². The highest BCUT2D eigenvalue weighted by Gasteiger charge is 2.20. The minimum Gasteiger partial charge on any atom is -0.382 e. The van der Waals surface area contributed by atoms with Gasteiger partial charge in [0, 0.05) is 12.0 Å². The maximum Gasteiger partial charge on any atom is 0.185 e. The molecule has 0 amide bonds. The van der Waals surface area contributed by atoms with Crippen LogP contribution >= 0.6 is 11.3 Å². The van der Waals surface area contributed by atoms with Crippen molar-refractivity contribution in [2.24, 2.45) is 5.92 Å². The molecule has 1 aromatic heterocycles. The summed E-state index contributed by atoms with van der Waals surface area (Å²) in [4.78, 5) is 16.8. The minimum atomic E-state index is -0.0321. The number of aromatic nitrogens is 1. The fourth-order valence-corrected chi connectivity index (χ4v) is 3.30. The molecule has 1 heterocycles. The van der Waals surface area contributed by atoms with Crippen LogP contribution in [0.15, 0.2) is 0 Å². The van der Waals surface area contributed by atoms with Crippen molar-refractivity contribution in [1.82, 2.24) is 4.98 Å². The first-order valence-corrected chi connectivity index (χ1v) is 7.46. The molecular weight excluding hydrogens is 246 g/mol. The van der Waals surface area contributed by atoms with E-state index in [1.807, 2.05) is 13.8 Å². The van der Waals surface area contributed by atoms with E-state index in [4.69, 9.17) is 5.73 Å². The Morgan fingerprint density at radius 2 is 2.06 bits per heavy atom. The number of thiazole rings is 1. The van der Waals surface area contributed by atoms with Crippen molar-refractivity contribution in [3.63, 3.8) is 0 Å². The zero-order chi connectivity index (χ0) is 13.1. The Labute approximate surface area is 112 Å². The molecule has 0 saturated heterocycles. The molecule has 1 aromatic rings. The predicted molar refractivity (Wildman–Crippen MR) is 76.2 cm³/mol. The first kappa shape index (κ1) is 13.3. The first-order chi connectivity index (χ1) is 8.58. The maximum absolute atomic E-state index is 11.9. The van der Waals surface area contributed by atoms with Gasteiger partial charge in [-0.2, -0.15) is 0 Å². The number of Topliss-reactive ketones (excluding diaryl/α,β-unsaturated/α-hetero) is 1. The smallest absolute Gasteiger partial charge is 0.185 e. The van der Waals surface area contributed by atoms with E-state index in [1.165, 1.54) is 43.4 Å². The Morgan fingerprint density at radius 1 is 1.39 bits per heavy atom. The lowest BCUT2D eigenvalue weighted by Gasteiger charge is -2.22. The van der Waals surface area contributed by atoms with Gasteiger partial charge in [0.1, 0.15) is 10.7 Å². The largest absolute Gasteiger partial charge is 0.382 e. The van der Waals surface area contributed by atoms with Crippen LogP contribution in [0.5, 0.6) is 0 Å². The number of nitrogen functional groups attached to an aromatic ring is 1. The van der Waals surface area contributed by atoms with Gasteiger partial charge in [0.15, 0.2) is 10.9 Å². The summed E-state index contributed by atoms with van der Waals surface area (Å²) in [5, 5.41) is 4.21. The van der Waals surface area contributed by atoms with Crippen LogP contribution in [-0.4, -0.2) is 16.8 Å². The molecule has 0 bridgehead atoms. The molecule has 18 heavy (non-hydrogen) atoms. The van der Waals surface area contributed by atoms with E-state index in [9.17, 15) is 4.79 Å². The van der Waals surface area contributed by atoms with Gasteiger partial charge in [-0.1, -0.05) is 44.4 Å². The fourth-order valence-electron chi connectivity index (χ4n) is 2.25. The summed E-state index contributed by atoms with van der Waals surface area (Å²) >= 11 is 1.39. The van der Waals surface area contributed by atoms with Crippen LogP contribution in [-0.2, 0) is 0 Å². The van der Waals surface area contributed by atoms with Gasteiger partial charge >= 0.3 is 0 Å². The standard InChI is InChI=1S/C13H21N3OS/c1-8(2)10(17)11-12(14)16-13(18-11)15-9-6-4-3-5-7-9/h8-9H,3-7,14H2,1-2H3,(H,15,16). The Hall–Kier alpha value is -1.10. The van der Waals surface area contributed by atoms with E-state index in [0.717, 1.165) is 5.13 Å². The number of ketones is 1. The second-order valence-corrected chi connectivity index (χ2v) is 6.23. The first-order valence-electron chi connectivity index (χ1n) is 6.65. The zero-order valence-corrected chi connectivity index (χ0v) is 11.8. The van der Waals surface area contributed by atoms with Crippen LogP contribution in [0.4, 0.5) is 10.9 Å². The van der Waals surface area contributed by atoms with Crippen molar-refractivity contribution in [2.45, 2.75) is 52.0 Å². The summed E-state index contributed by atoms with van der Waals surface area (Å²) in [6, 6.07) is 0.492. The van der Waals surface area contributed by atoms with Crippen LogP contribution in [0.3, 0.4) is 0 Å². The number of carbonyl (C=O) groups excluding carboxylic acids is 1. The highest BCUT2D eigenvalue weighted by atomic mass is 32.1. The molecule has 0 aromatic carbocycles. The number of carbonyl (C=O) groups is 1. The van der Waals surface area contributed by atoms with Crippen molar-refractivity contribution in [2.75, 3.05) is 11.1 Å². The third-order valence-corrected chi connectivity index (χ3v) is 4.35. The van der Waals surface area contributed by atoms with Crippen LogP contribution < -0.4 is 11.1 Å². The van der Waals surface area contributed by atoms with Crippen molar-refractivity contribution in [1.29, 1.82) is 0 Å². The van der Waals surface area contributed by atoms with Crippen molar-refractivity contribution in [3.05, 3.63) is 4.88 Å². The number of nitrogens with zero attached hydrogens (tertiary/aromatic N) is 1. The normalized spacial score (nSPS) is 17.1. The predicted octanol–water partition coefficient (Wildman–Crippen LogP) is 3.31. The average Bonchev–Trinajstić information content (AvgIpc) is 2.70. The number of nitrogens with two attached hydrogens (primary N) is 1. The molecule has 0 radical (unpaired) electrons. The Balaban J connectivity index is 2.06. The van der Waals surface area contributed by atoms with Gasteiger partial charge in [-0.05, 0) is 12.8 Å². The molecule has 5 heteroatoms. The van der Waals surface area contributed by atoms with Gasteiger partial charge in [-0.15, -0.1) is 0 Å². The third-order valence-electron chi connectivity index (χ3n) is 3.33. The highest BCUT2D eigenvalue weighted by molar-refractivity contribution is 7.18.